The molecule has 0 aliphatic heterocycles. The first-order valence-corrected chi connectivity index (χ1v) is 4.42. The number of guanidine groups is 1. The largest absolute Gasteiger partial charge is 0.481 e. The van der Waals surface area contributed by atoms with Crippen LogP contribution in [0.3, 0.4) is 0 Å². The average Bonchev–Trinajstić information content (AvgIpc) is 2.03. The van der Waals surface area contributed by atoms with E-state index >= 15 is 0 Å². The molecule has 0 aromatic rings. The first-order valence-electron chi connectivity index (χ1n) is 4.42. The number of carboxylic acid groups (broad SMARTS) is 1. The standard InChI is InChI=1S/C8H17N3O2/c1-2-10-8(9)11-6-4-3-5-7(12)13/h2-6H2,1H3,(H,12,13)(H3,9,10,11). The predicted molar refractivity (Wildman–Crippen MR) is 51.7 cm³/mol. The third kappa shape index (κ3) is 8.65. The van der Waals surface area contributed by atoms with Crippen molar-refractivity contribution in [2.75, 3.05) is 13.1 Å². The van der Waals surface area contributed by atoms with Gasteiger partial charge < -0.3 is 16.2 Å². The van der Waals surface area contributed by atoms with E-state index in [1.54, 1.807) is 0 Å². The fourth-order valence-corrected chi connectivity index (χ4v) is 0.825. The van der Waals surface area contributed by atoms with Crippen molar-refractivity contribution in [1.29, 1.82) is 0 Å². The van der Waals surface area contributed by atoms with Crippen molar-refractivity contribution in [3.63, 3.8) is 0 Å². The lowest BCUT2D eigenvalue weighted by Gasteiger charge is -2.00. The third-order valence-electron chi connectivity index (χ3n) is 1.44. The molecule has 0 bridgehead atoms. The number of hydrogen-bond donors (Lipinski definition) is 3. The molecule has 0 amide bonds. The molecule has 5 nitrogen and oxygen atoms in total. The summed E-state index contributed by atoms with van der Waals surface area (Å²) in [5.74, 6) is -0.332. The molecule has 0 spiro atoms. The van der Waals surface area contributed by atoms with Gasteiger partial charge in [0.25, 0.3) is 0 Å². The summed E-state index contributed by atoms with van der Waals surface area (Å²) in [6.45, 7) is 3.28. The van der Waals surface area contributed by atoms with Crippen LogP contribution in [0.25, 0.3) is 0 Å². The number of nitrogens with zero attached hydrogens (tertiary/aromatic N) is 1. The molecule has 4 N–H and O–H groups in total. The second-order valence-corrected chi connectivity index (χ2v) is 2.65. The molecular formula is C8H17N3O2. The smallest absolute Gasteiger partial charge is 0.303 e. The topological polar surface area (TPSA) is 87.7 Å². The van der Waals surface area contributed by atoms with E-state index in [4.69, 9.17) is 10.8 Å². The number of carboxylic acids is 1. The first-order chi connectivity index (χ1) is 6.16. The molecule has 0 aromatic carbocycles. The van der Waals surface area contributed by atoms with Gasteiger partial charge in [0.15, 0.2) is 5.96 Å². The summed E-state index contributed by atoms with van der Waals surface area (Å²) in [6, 6.07) is 0. The Balaban J connectivity index is 3.33. The van der Waals surface area contributed by atoms with E-state index in [1.807, 2.05) is 6.92 Å². The summed E-state index contributed by atoms with van der Waals surface area (Å²) < 4.78 is 0. The van der Waals surface area contributed by atoms with Crippen molar-refractivity contribution >= 4 is 11.9 Å². The Bertz CT molecular complexity index is 180. The molecule has 0 fully saturated rings. The van der Waals surface area contributed by atoms with Gasteiger partial charge in [-0.05, 0) is 19.8 Å². The maximum absolute atomic E-state index is 10.1. The molecule has 0 aliphatic carbocycles. The van der Waals surface area contributed by atoms with Crippen molar-refractivity contribution in [1.82, 2.24) is 5.32 Å². The molecule has 0 radical (unpaired) electrons. The Kier molecular flexibility index (Phi) is 6.68. The maximum atomic E-state index is 10.1. The molecule has 0 heterocycles. The highest BCUT2D eigenvalue weighted by Crippen LogP contribution is 1.94. The minimum Gasteiger partial charge on any atom is -0.481 e. The maximum Gasteiger partial charge on any atom is 0.303 e. The lowest BCUT2D eigenvalue weighted by molar-refractivity contribution is -0.137. The Morgan fingerprint density at radius 1 is 1.54 bits per heavy atom. The van der Waals surface area contributed by atoms with Crippen LogP contribution in [-0.4, -0.2) is 30.1 Å². The van der Waals surface area contributed by atoms with Gasteiger partial charge in [-0.1, -0.05) is 0 Å². The van der Waals surface area contributed by atoms with Gasteiger partial charge in [-0.2, -0.15) is 0 Å². The van der Waals surface area contributed by atoms with Crippen LogP contribution in [-0.2, 0) is 4.79 Å². The van der Waals surface area contributed by atoms with E-state index in [2.05, 4.69) is 10.3 Å². The van der Waals surface area contributed by atoms with Gasteiger partial charge in [-0.3, -0.25) is 9.79 Å². The zero-order valence-electron chi connectivity index (χ0n) is 7.92. The number of rotatable bonds is 6. The number of unbranched alkanes of at least 4 members (excludes halogenated alkanes) is 1. The van der Waals surface area contributed by atoms with Crippen LogP contribution in [0.1, 0.15) is 26.2 Å². The van der Waals surface area contributed by atoms with Gasteiger partial charge in [-0.15, -0.1) is 0 Å². The number of nitrogens with two attached hydrogens (primary N) is 1. The lowest BCUT2D eigenvalue weighted by atomic mass is 10.2. The Hall–Kier alpha value is -1.26. The summed E-state index contributed by atoms with van der Waals surface area (Å²) in [5.41, 5.74) is 5.45. The summed E-state index contributed by atoms with van der Waals surface area (Å²) >= 11 is 0. The molecular weight excluding hydrogens is 170 g/mol. The third-order valence-corrected chi connectivity index (χ3v) is 1.44. The van der Waals surface area contributed by atoms with Gasteiger partial charge in [-0.25, -0.2) is 0 Å². The Morgan fingerprint density at radius 2 is 2.23 bits per heavy atom. The average molecular weight is 187 g/mol. The normalized spacial score (nSPS) is 11.3. The SMILES string of the molecule is CCNC(N)=NCCCCC(=O)O. The molecule has 0 aliphatic rings. The number of hydrogen-bond acceptors (Lipinski definition) is 2. The van der Waals surface area contributed by atoms with Crippen LogP contribution in [0.5, 0.6) is 0 Å². The first kappa shape index (κ1) is 11.7. The summed E-state index contributed by atoms with van der Waals surface area (Å²) in [7, 11) is 0. The van der Waals surface area contributed by atoms with Crippen molar-refractivity contribution in [2.24, 2.45) is 10.7 Å². The minimum atomic E-state index is -0.761. The Morgan fingerprint density at radius 3 is 2.77 bits per heavy atom. The highest BCUT2D eigenvalue weighted by molar-refractivity contribution is 5.77. The zero-order chi connectivity index (χ0) is 10.1. The van der Waals surface area contributed by atoms with Gasteiger partial charge >= 0.3 is 5.97 Å². The summed E-state index contributed by atoms with van der Waals surface area (Å²) in [6.07, 6.45) is 1.62. The number of nitrogens with one attached hydrogen (secondary N) is 1. The van der Waals surface area contributed by atoms with Crippen molar-refractivity contribution in [3.8, 4) is 0 Å². The molecule has 0 unspecified atom stereocenters. The van der Waals surface area contributed by atoms with E-state index < -0.39 is 5.97 Å². The molecule has 0 atom stereocenters. The van der Waals surface area contributed by atoms with Gasteiger partial charge in [0, 0.05) is 19.5 Å². The molecule has 0 saturated carbocycles. The van der Waals surface area contributed by atoms with E-state index in [0.717, 1.165) is 13.0 Å². The molecule has 76 valence electrons. The van der Waals surface area contributed by atoms with Crippen molar-refractivity contribution in [3.05, 3.63) is 0 Å². The summed E-state index contributed by atoms with van der Waals surface area (Å²) in [4.78, 5) is 14.1. The summed E-state index contributed by atoms with van der Waals surface area (Å²) in [5, 5.41) is 11.2. The van der Waals surface area contributed by atoms with E-state index in [9.17, 15) is 4.79 Å². The van der Waals surface area contributed by atoms with Crippen LogP contribution in [0.4, 0.5) is 0 Å². The van der Waals surface area contributed by atoms with E-state index in [-0.39, 0.29) is 6.42 Å². The molecule has 13 heavy (non-hydrogen) atoms. The fourth-order valence-electron chi connectivity index (χ4n) is 0.825. The van der Waals surface area contributed by atoms with Gasteiger partial charge in [0.1, 0.15) is 0 Å². The molecule has 0 saturated heterocycles. The van der Waals surface area contributed by atoms with Crippen LogP contribution in [0.2, 0.25) is 0 Å². The number of aliphatic imine (C=N–C) groups is 1. The molecule has 5 heteroatoms. The second-order valence-electron chi connectivity index (χ2n) is 2.65. The van der Waals surface area contributed by atoms with Gasteiger partial charge in [0.2, 0.25) is 0 Å². The number of carbonyl (C=O) groups is 1. The fraction of sp³-hybridized carbons (Fsp3) is 0.750. The second kappa shape index (κ2) is 7.39. The quantitative estimate of drug-likeness (QED) is 0.314. The van der Waals surface area contributed by atoms with E-state index in [1.165, 1.54) is 0 Å². The van der Waals surface area contributed by atoms with Crippen LogP contribution in [0, 0.1) is 0 Å². The molecule has 0 aromatic heterocycles. The van der Waals surface area contributed by atoms with Crippen molar-refractivity contribution in [2.45, 2.75) is 26.2 Å². The number of aliphatic carboxylic acids is 1. The van der Waals surface area contributed by atoms with Crippen molar-refractivity contribution < 1.29 is 9.90 Å². The Labute approximate surface area is 78.0 Å². The monoisotopic (exact) mass is 187 g/mol. The minimum absolute atomic E-state index is 0.205. The van der Waals surface area contributed by atoms with Crippen LogP contribution in [0.15, 0.2) is 4.99 Å². The lowest BCUT2D eigenvalue weighted by Crippen LogP contribution is -2.31. The molecule has 0 rings (SSSR count). The van der Waals surface area contributed by atoms with E-state index in [0.29, 0.717) is 18.9 Å². The highest BCUT2D eigenvalue weighted by Gasteiger charge is 1.95. The van der Waals surface area contributed by atoms with Gasteiger partial charge in [0.05, 0.1) is 0 Å². The van der Waals surface area contributed by atoms with Crippen LogP contribution < -0.4 is 11.1 Å². The highest BCUT2D eigenvalue weighted by atomic mass is 16.4. The van der Waals surface area contributed by atoms with Crippen LogP contribution >= 0.6 is 0 Å². The zero-order valence-corrected chi connectivity index (χ0v) is 7.92. The predicted octanol–water partition coefficient (Wildman–Crippen LogP) is 0.166.